The molecular formula is C18H24ClN3O2. The molecule has 0 aliphatic carbocycles. The standard InChI is InChI=1S/C18H24ClN3O2/c1-13(2)16(18(24)20-9-12-22-10-5-6-11-22)21-17(23)14-7-3-4-8-15(14)19/h3-8,13,16H,9-12H2,1-2H3,(H,20,24)(H,21,23)/t16-/m0/s1. The summed E-state index contributed by atoms with van der Waals surface area (Å²) < 4.78 is 0. The van der Waals surface area contributed by atoms with Gasteiger partial charge >= 0.3 is 0 Å². The van der Waals surface area contributed by atoms with Crippen LogP contribution in [0.3, 0.4) is 0 Å². The van der Waals surface area contributed by atoms with Gasteiger partial charge in [-0.15, -0.1) is 0 Å². The van der Waals surface area contributed by atoms with Crippen LogP contribution in [0.25, 0.3) is 0 Å². The lowest BCUT2D eigenvalue weighted by Gasteiger charge is -2.23. The van der Waals surface area contributed by atoms with Crippen molar-refractivity contribution in [3.05, 3.63) is 47.0 Å². The molecule has 2 N–H and O–H groups in total. The van der Waals surface area contributed by atoms with Gasteiger partial charge in [0.15, 0.2) is 0 Å². The van der Waals surface area contributed by atoms with E-state index in [-0.39, 0.29) is 17.7 Å². The van der Waals surface area contributed by atoms with Crippen molar-refractivity contribution in [3.63, 3.8) is 0 Å². The number of halogens is 1. The Bertz CT molecular complexity index is 608. The zero-order valence-corrected chi connectivity index (χ0v) is 14.8. The third kappa shape index (κ3) is 5.08. The summed E-state index contributed by atoms with van der Waals surface area (Å²) in [6, 6.07) is 6.22. The van der Waals surface area contributed by atoms with Crippen molar-refractivity contribution in [2.75, 3.05) is 26.2 Å². The van der Waals surface area contributed by atoms with Crippen molar-refractivity contribution in [2.45, 2.75) is 19.9 Å². The molecule has 1 atom stereocenters. The minimum Gasteiger partial charge on any atom is -0.353 e. The summed E-state index contributed by atoms with van der Waals surface area (Å²) in [4.78, 5) is 27.0. The van der Waals surface area contributed by atoms with Gasteiger partial charge in [-0.3, -0.25) is 14.5 Å². The molecule has 1 aliphatic rings. The number of nitrogens with one attached hydrogen (secondary N) is 2. The molecule has 0 radical (unpaired) electrons. The molecule has 1 heterocycles. The second kappa shape index (κ2) is 8.85. The molecule has 130 valence electrons. The van der Waals surface area contributed by atoms with Gasteiger partial charge in [-0.25, -0.2) is 0 Å². The summed E-state index contributed by atoms with van der Waals surface area (Å²) in [6.07, 6.45) is 4.23. The molecule has 1 aliphatic heterocycles. The Balaban J connectivity index is 1.89. The Kier molecular flexibility index (Phi) is 6.82. The van der Waals surface area contributed by atoms with Gasteiger partial charge in [-0.2, -0.15) is 0 Å². The number of carbonyl (C=O) groups is 2. The van der Waals surface area contributed by atoms with E-state index in [1.165, 1.54) is 0 Å². The fraction of sp³-hybridized carbons (Fsp3) is 0.444. The van der Waals surface area contributed by atoms with Crippen LogP contribution in [-0.4, -0.2) is 48.9 Å². The highest BCUT2D eigenvalue weighted by Gasteiger charge is 2.25. The van der Waals surface area contributed by atoms with Crippen LogP contribution in [0, 0.1) is 5.92 Å². The second-order valence-corrected chi connectivity index (χ2v) is 6.60. The fourth-order valence-corrected chi connectivity index (χ4v) is 2.77. The molecule has 2 amide bonds. The number of amides is 2. The van der Waals surface area contributed by atoms with Crippen LogP contribution >= 0.6 is 11.6 Å². The maximum atomic E-state index is 12.4. The lowest BCUT2D eigenvalue weighted by molar-refractivity contribution is -0.123. The molecule has 2 rings (SSSR count). The highest BCUT2D eigenvalue weighted by atomic mass is 35.5. The minimum absolute atomic E-state index is 0.0232. The van der Waals surface area contributed by atoms with Crippen LogP contribution in [0.4, 0.5) is 0 Å². The van der Waals surface area contributed by atoms with Gasteiger partial charge in [0.1, 0.15) is 6.04 Å². The molecule has 0 saturated heterocycles. The van der Waals surface area contributed by atoms with Gasteiger partial charge in [0, 0.05) is 26.2 Å². The predicted octanol–water partition coefficient (Wildman–Crippen LogP) is 2.08. The summed E-state index contributed by atoms with van der Waals surface area (Å²) in [5.41, 5.74) is 0.376. The molecule has 5 nitrogen and oxygen atoms in total. The van der Waals surface area contributed by atoms with Gasteiger partial charge in [0.25, 0.3) is 5.91 Å². The average molecular weight is 350 g/mol. The van der Waals surface area contributed by atoms with Crippen LogP contribution in [0.1, 0.15) is 24.2 Å². The topological polar surface area (TPSA) is 61.4 Å². The van der Waals surface area contributed by atoms with Crippen LogP contribution in [0.15, 0.2) is 36.4 Å². The molecule has 1 aromatic rings. The normalized spacial score (nSPS) is 15.5. The van der Waals surface area contributed by atoms with E-state index in [0.29, 0.717) is 17.1 Å². The van der Waals surface area contributed by atoms with Gasteiger partial charge in [0.2, 0.25) is 5.91 Å². The van der Waals surface area contributed by atoms with Crippen LogP contribution in [0.2, 0.25) is 5.02 Å². The Labute approximate surface area is 148 Å². The maximum Gasteiger partial charge on any atom is 0.253 e. The van der Waals surface area contributed by atoms with E-state index in [1.807, 2.05) is 13.8 Å². The SMILES string of the molecule is CC(C)[C@H](NC(=O)c1ccccc1Cl)C(=O)NCCN1CC=CC1. The zero-order chi connectivity index (χ0) is 17.5. The first-order chi connectivity index (χ1) is 11.5. The van der Waals surface area contributed by atoms with Crippen molar-refractivity contribution in [2.24, 2.45) is 5.92 Å². The van der Waals surface area contributed by atoms with E-state index in [4.69, 9.17) is 11.6 Å². The first-order valence-corrected chi connectivity index (χ1v) is 8.57. The Morgan fingerprint density at radius 1 is 1.21 bits per heavy atom. The number of hydrogen-bond donors (Lipinski definition) is 2. The molecule has 6 heteroatoms. The second-order valence-electron chi connectivity index (χ2n) is 6.20. The van der Waals surface area contributed by atoms with Crippen molar-refractivity contribution in [1.82, 2.24) is 15.5 Å². The quantitative estimate of drug-likeness (QED) is 0.741. The van der Waals surface area contributed by atoms with Gasteiger partial charge in [-0.05, 0) is 18.1 Å². The van der Waals surface area contributed by atoms with Gasteiger partial charge in [-0.1, -0.05) is 49.7 Å². The third-order valence-corrected chi connectivity index (χ3v) is 4.30. The Morgan fingerprint density at radius 2 is 1.88 bits per heavy atom. The van der Waals surface area contributed by atoms with Crippen molar-refractivity contribution in [1.29, 1.82) is 0 Å². The third-order valence-electron chi connectivity index (χ3n) is 3.98. The number of hydrogen-bond acceptors (Lipinski definition) is 3. The lowest BCUT2D eigenvalue weighted by atomic mass is 10.0. The van der Waals surface area contributed by atoms with E-state index in [1.54, 1.807) is 24.3 Å². The van der Waals surface area contributed by atoms with E-state index in [2.05, 4.69) is 27.7 Å². The maximum absolute atomic E-state index is 12.4. The Morgan fingerprint density at radius 3 is 2.50 bits per heavy atom. The first kappa shape index (κ1) is 18.5. The average Bonchev–Trinajstić information content (AvgIpc) is 3.05. The Hall–Kier alpha value is -1.85. The highest BCUT2D eigenvalue weighted by molar-refractivity contribution is 6.33. The molecule has 0 unspecified atom stereocenters. The predicted molar refractivity (Wildman–Crippen MR) is 96.1 cm³/mol. The fourth-order valence-electron chi connectivity index (χ4n) is 2.55. The molecule has 24 heavy (non-hydrogen) atoms. The number of rotatable bonds is 7. The summed E-state index contributed by atoms with van der Waals surface area (Å²) in [7, 11) is 0. The summed E-state index contributed by atoms with van der Waals surface area (Å²) in [6.45, 7) is 7.01. The number of benzene rings is 1. The van der Waals surface area contributed by atoms with E-state index < -0.39 is 6.04 Å². The van der Waals surface area contributed by atoms with Crippen LogP contribution in [0.5, 0.6) is 0 Å². The number of nitrogens with zero attached hydrogens (tertiary/aromatic N) is 1. The van der Waals surface area contributed by atoms with Crippen molar-refractivity contribution < 1.29 is 9.59 Å². The highest BCUT2D eigenvalue weighted by Crippen LogP contribution is 2.15. The summed E-state index contributed by atoms with van der Waals surface area (Å²) >= 11 is 6.05. The van der Waals surface area contributed by atoms with E-state index >= 15 is 0 Å². The summed E-state index contributed by atoms with van der Waals surface area (Å²) in [5.74, 6) is -0.527. The smallest absolute Gasteiger partial charge is 0.253 e. The summed E-state index contributed by atoms with van der Waals surface area (Å²) in [5, 5.41) is 6.07. The zero-order valence-electron chi connectivity index (χ0n) is 14.1. The monoisotopic (exact) mass is 349 g/mol. The van der Waals surface area contributed by atoms with Crippen molar-refractivity contribution >= 4 is 23.4 Å². The van der Waals surface area contributed by atoms with Gasteiger partial charge in [0.05, 0.1) is 10.6 Å². The first-order valence-electron chi connectivity index (χ1n) is 8.19. The molecule has 1 aromatic carbocycles. The largest absolute Gasteiger partial charge is 0.353 e. The molecule has 0 saturated carbocycles. The number of carbonyl (C=O) groups excluding carboxylic acids is 2. The molecule has 0 spiro atoms. The van der Waals surface area contributed by atoms with E-state index in [0.717, 1.165) is 19.6 Å². The minimum atomic E-state index is -0.592. The lowest BCUT2D eigenvalue weighted by Crippen LogP contribution is -2.50. The molecule has 0 aromatic heterocycles. The van der Waals surface area contributed by atoms with Gasteiger partial charge < -0.3 is 10.6 Å². The molecule has 0 bridgehead atoms. The van der Waals surface area contributed by atoms with Crippen LogP contribution in [-0.2, 0) is 4.79 Å². The molecular weight excluding hydrogens is 326 g/mol. The van der Waals surface area contributed by atoms with Crippen molar-refractivity contribution in [3.8, 4) is 0 Å². The van der Waals surface area contributed by atoms with Crippen LogP contribution < -0.4 is 10.6 Å². The van der Waals surface area contributed by atoms with E-state index in [9.17, 15) is 9.59 Å². The molecule has 0 fully saturated rings.